The van der Waals surface area contributed by atoms with E-state index in [0.29, 0.717) is 18.2 Å². The number of halogens is 1. The second kappa shape index (κ2) is 14.4. The van der Waals surface area contributed by atoms with Crippen molar-refractivity contribution in [2.45, 2.75) is 58.1 Å². The number of imidazole rings is 1. The zero-order chi connectivity index (χ0) is 28.6. The van der Waals surface area contributed by atoms with Gasteiger partial charge in [-0.25, -0.2) is 4.98 Å². The lowest BCUT2D eigenvalue weighted by atomic mass is 9.92. The van der Waals surface area contributed by atoms with E-state index in [-0.39, 0.29) is 11.8 Å². The van der Waals surface area contributed by atoms with Crippen LogP contribution in [0.4, 0.5) is 0 Å². The molecule has 0 aliphatic carbocycles. The molecule has 1 amide bonds. The molecule has 0 spiro atoms. The Morgan fingerprint density at radius 2 is 1.73 bits per heavy atom. The Morgan fingerprint density at radius 3 is 2.46 bits per heavy atom. The fraction of sp³-hybridized carbons (Fsp3) is 0.562. The van der Waals surface area contributed by atoms with Gasteiger partial charge in [0.25, 0.3) is 0 Å². The van der Waals surface area contributed by atoms with Crippen LogP contribution in [-0.4, -0.2) is 71.6 Å². The summed E-state index contributed by atoms with van der Waals surface area (Å²) in [6, 6.07) is 13.7. The molecule has 8 nitrogen and oxygen atoms in total. The van der Waals surface area contributed by atoms with Gasteiger partial charge in [0, 0.05) is 24.0 Å². The smallest absolute Gasteiger partial charge is 0.220 e. The highest BCUT2D eigenvalue weighted by atomic mass is 35.5. The van der Waals surface area contributed by atoms with E-state index in [1.807, 2.05) is 30.3 Å². The number of primary amides is 1. The highest BCUT2D eigenvalue weighted by Gasteiger charge is 2.23. The Morgan fingerprint density at radius 1 is 0.976 bits per heavy atom. The van der Waals surface area contributed by atoms with E-state index in [1.165, 1.54) is 32.4 Å². The number of nitrogens with two attached hydrogens (primary N) is 1. The number of ether oxygens (including phenoxy) is 2. The molecule has 5 rings (SSSR count). The second-order valence-electron chi connectivity index (χ2n) is 11.7. The van der Waals surface area contributed by atoms with Gasteiger partial charge >= 0.3 is 0 Å². The third-order valence-corrected chi connectivity index (χ3v) is 8.95. The molecular weight excluding hydrogens is 538 g/mol. The predicted molar refractivity (Wildman–Crippen MR) is 163 cm³/mol. The van der Waals surface area contributed by atoms with Gasteiger partial charge in [-0.05, 0) is 120 Å². The Labute approximate surface area is 248 Å². The quantitative estimate of drug-likeness (QED) is 0.274. The van der Waals surface area contributed by atoms with Crippen molar-refractivity contribution in [3.05, 3.63) is 53.3 Å². The van der Waals surface area contributed by atoms with E-state index < -0.39 is 0 Å². The van der Waals surface area contributed by atoms with Gasteiger partial charge in [0.05, 0.1) is 12.1 Å². The highest BCUT2D eigenvalue weighted by molar-refractivity contribution is 6.30. The van der Waals surface area contributed by atoms with Gasteiger partial charge in [0.1, 0.15) is 29.4 Å². The lowest BCUT2D eigenvalue weighted by Gasteiger charge is -2.30. The number of benzene rings is 2. The highest BCUT2D eigenvalue weighted by Crippen LogP contribution is 2.29. The van der Waals surface area contributed by atoms with Crippen LogP contribution >= 0.6 is 11.6 Å². The number of amides is 1. The van der Waals surface area contributed by atoms with Crippen LogP contribution in [0.15, 0.2) is 42.5 Å². The minimum absolute atomic E-state index is 0.0254. The maximum atomic E-state index is 11.4. The maximum absolute atomic E-state index is 11.4. The molecule has 0 saturated carbocycles. The Balaban J connectivity index is 1.22. The molecule has 0 radical (unpaired) electrons. The molecule has 0 unspecified atom stereocenters. The summed E-state index contributed by atoms with van der Waals surface area (Å²) in [5, 5.41) is 0.690. The van der Waals surface area contributed by atoms with Crippen LogP contribution in [0.25, 0.3) is 11.0 Å². The van der Waals surface area contributed by atoms with Crippen LogP contribution in [0.5, 0.6) is 11.5 Å². The summed E-state index contributed by atoms with van der Waals surface area (Å²) in [4.78, 5) is 21.3. The molecule has 2 aliphatic heterocycles. The molecular formula is C32H44ClN5O3. The normalized spacial score (nSPS) is 17.7. The van der Waals surface area contributed by atoms with Crippen molar-refractivity contribution < 1.29 is 14.3 Å². The van der Waals surface area contributed by atoms with Crippen LogP contribution in [-0.2, 0) is 17.9 Å². The zero-order valence-corrected chi connectivity index (χ0v) is 25.0. The number of carbonyl (C=O) groups excluding carboxylic acids is 1. The van der Waals surface area contributed by atoms with Crippen molar-refractivity contribution in [2.75, 3.05) is 46.4 Å². The monoisotopic (exact) mass is 581 g/mol. The number of carbonyl (C=O) groups is 1. The summed E-state index contributed by atoms with van der Waals surface area (Å²) in [6.45, 7) is 7.10. The first-order chi connectivity index (χ1) is 20.0. The van der Waals surface area contributed by atoms with Gasteiger partial charge < -0.3 is 29.6 Å². The van der Waals surface area contributed by atoms with Crippen molar-refractivity contribution >= 4 is 28.5 Å². The van der Waals surface area contributed by atoms with Crippen LogP contribution < -0.4 is 15.2 Å². The maximum Gasteiger partial charge on any atom is 0.220 e. The third-order valence-electron chi connectivity index (χ3n) is 8.70. The fourth-order valence-corrected chi connectivity index (χ4v) is 6.25. The minimum Gasteiger partial charge on any atom is -0.491 e. The van der Waals surface area contributed by atoms with Crippen LogP contribution in [0.3, 0.4) is 0 Å². The van der Waals surface area contributed by atoms with Crippen molar-refractivity contribution in [3.63, 3.8) is 0 Å². The van der Waals surface area contributed by atoms with Crippen molar-refractivity contribution in [3.8, 4) is 11.5 Å². The molecule has 2 N–H and O–H groups in total. The van der Waals surface area contributed by atoms with Gasteiger partial charge in [-0.15, -0.1) is 0 Å². The number of aryl methyl sites for hydroxylation is 1. The number of nitrogens with zero attached hydrogens (tertiary/aromatic N) is 4. The van der Waals surface area contributed by atoms with Crippen LogP contribution in [0, 0.1) is 11.8 Å². The molecule has 1 aromatic heterocycles. The first kappa shape index (κ1) is 29.7. The summed E-state index contributed by atoms with van der Waals surface area (Å²) in [5.74, 6) is 3.16. The number of rotatable bonds is 13. The topological polar surface area (TPSA) is 85.8 Å². The SMILES string of the molecule is CN1CCC(CCCn2c(COc3ccc(Cl)cc3)nc3c(OCCCN4CCC(C(N)=O)CC4)cccc32)CC1. The molecule has 3 heterocycles. The molecule has 2 saturated heterocycles. The van der Waals surface area contributed by atoms with E-state index in [9.17, 15) is 4.79 Å². The summed E-state index contributed by atoms with van der Waals surface area (Å²) < 4.78 is 14.7. The molecule has 222 valence electrons. The molecule has 2 fully saturated rings. The summed E-state index contributed by atoms with van der Waals surface area (Å²) in [6.07, 6.45) is 7.55. The number of aromatic nitrogens is 2. The summed E-state index contributed by atoms with van der Waals surface area (Å²) in [5.41, 5.74) is 7.46. The Kier molecular flexibility index (Phi) is 10.4. The first-order valence-corrected chi connectivity index (χ1v) is 15.5. The molecule has 0 bridgehead atoms. The van der Waals surface area contributed by atoms with Gasteiger partial charge in [-0.3, -0.25) is 4.79 Å². The zero-order valence-electron chi connectivity index (χ0n) is 24.3. The molecule has 3 aromatic rings. The molecule has 9 heteroatoms. The van der Waals surface area contributed by atoms with E-state index >= 15 is 0 Å². The number of hydrogen-bond donors (Lipinski definition) is 1. The van der Waals surface area contributed by atoms with E-state index in [0.717, 1.165) is 86.1 Å². The lowest BCUT2D eigenvalue weighted by molar-refractivity contribution is -0.123. The van der Waals surface area contributed by atoms with E-state index in [2.05, 4.69) is 33.5 Å². The van der Waals surface area contributed by atoms with Crippen LogP contribution in [0.2, 0.25) is 5.02 Å². The van der Waals surface area contributed by atoms with Crippen molar-refractivity contribution in [2.24, 2.45) is 17.6 Å². The Bertz CT molecular complexity index is 1260. The molecule has 2 aliphatic rings. The first-order valence-electron chi connectivity index (χ1n) is 15.2. The van der Waals surface area contributed by atoms with Gasteiger partial charge in [-0.1, -0.05) is 17.7 Å². The largest absolute Gasteiger partial charge is 0.491 e. The number of likely N-dealkylation sites (tertiary alicyclic amines) is 2. The standard InChI is InChI=1S/C32H44ClN5O3/c1-36-18-12-24(13-19-36)5-3-17-38-28-6-2-7-29(40-22-4-16-37-20-14-25(15-21-37)32(34)39)31(28)35-30(38)23-41-27-10-8-26(33)9-11-27/h2,6-11,24-25H,3-5,12-23H2,1H3,(H2,34,39). The minimum atomic E-state index is -0.166. The van der Waals surface area contributed by atoms with E-state index in [1.54, 1.807) is 0 Å². The van der Waals surface area contributed by atoms with Gasteiger partial charge in [0.15, 0.2) is 0 Å². The number of para-hydroxylation sites is 1. The average Bonchev–Trinajstić information content (AvgIpc) is 3.34. The average molecular weight is 582 g/mol. The van der Waals surface area contributed by atoms with Gasteiger partial charge in [-0.2, -0.15) is 0 Å². The van der Waals surface area contributed by atoms with Crippen molar-refractivity contribution in [1.82, 2.24) is 19.4 Å². The fourth-order valence-electron chi connectivity index (χ4n) is 6.12. The second-order valence-corrected chi connectivity index (χ2v) is 12.1. The van der Waals surface area contributed by atoms with Gasteiger partial charge in [0.2, 0.25) is 5.91 Å². The molecule has 2 aromatic carbocycles. The lowest BCUT2D eigenvalue weighted by Crippen LogP contribution is -2.39. The summed E-state index contributed by atoms with van der Waals surface area (Å²) in [7, 11) is 2.22. The molecule has 41 heavy (non-hydrogen) atoms. The van der Waals surface area contributed by atoms with E-state index in [4.69, 9.17) is 31.8 Å². The number of piperidine rings is 2. The summed E-state index contributed by atoms with van der Waals surface area (Å²) >= 11 is 6.06. The Hall–Kier alpha value is -2.81. The number of fused-ring (bicyclic) bond motifs is 1. The van der Waals surface area contributed by atoms with Crippen LogP contribution in [0.1, 0.15) is 50.8 Å². The molecule has 0 atom stereocenters. The predicted octanol–water partition coefficient (Wildman–Crippen LogP) is 5.36. The third kappa shape index (κ3) is 8.15. The van der Waals surface area contributed by atoms with Crippen molar-refractivity contribution in [1.29, 1.82) is 0 Å². The number of hydrogen-bond acceptors (Lipinski definition) is 6.